The number of nitrogens with one attached hydrogen (secondary N) is 1. The second-order valence-corrected chi connectivity index (χ2v) is 4.07. The summed E-state index contributed by atoms with van der Waals surface area (Å²) in [6.07, 6.45) is 4.66. The number of anilines is 1. The third-order valence-corrected chi connectivity index (χ3v) is 2.71. The molecule has 17 heavy (non-hydrogen) atoms. The van der Waals surface area contributed by atoms with Crippen LogP contribution in [0, 0.1) is 0 Å². The van der Waals surface area contributed by atoms with Crippen molar-refractivity contribution in [3.8, 4) is 0 Å². The van der Waals surface area contributed by atoms with Crippen molar-refractivity contribution in [3.63, 3.8) is 0 Å². The van der Waals surface area contributed by atoms with Crippen molar-refractivity contribution in [3.05, 3.63) is 53.9 Å². The third kappa shape index (κ3) is 2.75. The minimum absolute atomic E-state index is 0.0742. The van der Waals surface area contributed by atoms with Gasteiger partial charge in [0.05, 0.1) is 5.56 Å². The summed E-state index contributed by atoms with van der Waals surface area (Å²) in [6, 6.07) is 9.72. The molecule has 88 valence electrons. The molecule has 0 aliphatic carbocycles. The highest BCUT2D eigenvalue weighted by Crippen LogP contribution is 2.11. The Balaban J connectivity index is 2.07. The number of benzene rings is 1. The Morgan fingerprint density at radius 3 is 2.47 bits per heavy atom. The molecular formula is C14H16N2O. The Morgan fingerprint density at radius 2 is 1.94 bits per heavy atom. The van der Waals surface area contributed by atoms with Crippen molar-refractivity contribution in [1.82, 2.24) is 4.57 Å². The molecule has 1 heterocycles. The molecule has 0 saturated carbocycles. The number of aromatic nitrogens is 1. The number of amides is 1. The maximum Gasteiger partial charge on any atom is 0.257 e. The van der Waals surface area contributed by atoms with Gasteiger partial charge in [0.1, 0.15) is 0 Å². The number of rotatable bonds is 3. The van der Waals surface area contributed by atoms with Crippen molar-refractivity contribution in [2.75, 3.05) is 5.32 Å². The molecule has 1 aromatic heterocycles. The summed E-state index contributed by atoms with van der Waals surface area (Å²) in [5, 5.41) is 2.87. The highest BCUT2D eigenvalue weighted by Gasteiger charge is 2.06. The zero-order valence-corrected chi connectivity index (χ0v) is 10.1. The quantitative estimate of drug-likeness (QED) is 0.861. The molecular weight excluding hydrogens is 212 g/mol. The maximum absolute atomic E-state index is 11.9. The van der Waals surface area contributed by atoms with Crippen LogP contribution in [0.2, 0.25) is 0 Å². The van der Waals surface area contributed by atoms with Gasteiger partial charge in [-0.3, -0.25) is 4.79 Å². The summed E-state index contributed by atoms with van der Waals surface area (Å²) in [5.74, 6) is -0.0742. The number of aryl methyl sites for hydroxylation is 2. The maximum atomic E-state index is 11.9. The predicted molar refractivity (Wildman–Crippen MR) is 69.2 cm³/mol. The first-order valence-electron chi connectivity index (χ1n) is 5.71. The van der Waals surface area contributed by atoms with Crippen LogP contribution in [-0.2, 0) is 13.5 Å². The van der Waals surface area contributed by atoms with E-state index in [9.17, 15) is 4.79 Å². The molecule has 2 rings (SSSR count). The summed E-state index contributed by atoms with van der Waals surface area (Å²) in [6.45, 7) is 2.11. The van der Waals surface area contributed by atoms with E-state index in [0.29, 0.717) is 5.56 Å². The van der Waals surface area contributed by atoms with Gasteiger partial charge >= 0.3 is 0 Å². The largest absolute Gasteiger partial charge is 0.356 e. The minimum atomic E-state index is -0.0742. The van der Waals surface area contributed by atoms with Gasteiger partial charge in [0, 0.05) is 25.1 Å². The Kier molecular flexibility index (Phi) is 3.28. The lowest BCUT2D eigenvalue weighted by atomic mass is 10.1. The molecule has 0 aliphatic rings. The number of carbonyl (C=O) groups excluding carboxylic acids is 1. The molecule has 1 aromatic carbocycles. The highest BCUT2D eigenvalue weighted by atomic mass is 16.1. The molecule has 0 radical (unpaired) electrons. The molecule has 0 saturated heterocycles. The van der Waals surface area contributed by atoms with Gasteiger partial charge in [-0.2, -0.15) is 0 Å². The smallest absolute Gasteiger partial charge is 0.257 e. The summed E-state index contributed by atoms with van der Waals surface area (Å²) in [5.41, 5.74) is 2.77. The van der Waals surface area contributed by atoms with Crippen molar-refractivity contribution in [2.45, 2.75) is 13.3 Å². The van der Waals surface area contributed by atoms with E-state index in [0.717, 1.165) is 12.1 Å². The van der Waals surface area contributed by atoms with Crippen LogP contribution in [0.15, 0.2) is 42.7 Å². The zero-order valence-electron chi connectivity index (χ0n) is 10.1. The van der Waals surface area contributed by atoms with Gasteiger partial charge < -0.3 is 9.88 Å². The summed E-state index contributed by atoms with van der Waals surface area (Å²) < 4.78 is 1.86. The monoisotopic (exact) mass is 228 g/mol. The van der Waals surface area contributed by atoms with Crippen LogP contribution in [-0.4, -0.2) is 10.5 Å². The average Bonchev–Trinajstić information content (AvgIpc) is 2.77. The Hall–Kier alpha value is -2.03. The lowest BCUT2D eigenvalue weighted by Crippen LogP contribution is -2.10. The van der Waals surface area contributed by atoms with Gasteiger partial charge in [-0.05, 0) is 30.2 Å². The van der Waals surface area contributed by atoms with E-state index in [-0.39, 0.29) is 5.91 Å². The normalized spacial score (nSPS) is 10.2. The van der Waals surface area contributed by atoms with Gasteiger partial charge in [0.25, 0.3) is 5.91 Å². The molecule has 0 fully saturated rings. The fourth-order valence-electron chi connectivity index (χ4n) is 1.66. The van der Waals surface area contributed by atoms with E-state index in [1.165, 1.54) is 5.56 Å². The summed E-state index contributed by atoms with van der Waals surface area (Å²) in [7, 11) is 1.90. The molecule has 0 aliphatic heterocycles. The molecule has 3 heteroatoms. The standard InChI is InChI=1S/C14H16N2O/c1-3-11-4-6-13(7-5-11)15-14(17)12-8-9-16(2)10-12/h4-10H,3H2,1-2H3,(H,15,17). The molecule has 2 aromatic rings. The van der Waals surface area contributed by atoms with Gasteiger partial charge in [-0.1, -0.05) is 19.1 Å². The van der Waals surface area contributed by atoms with Crippen LogP contribution >= 0.6 is 0 Å². The van der Waals surface area contributed by atoms with E-state index in [1.54, 1.807) is 12.3 Å². The Morgan fingerprint density at radius 1 is 1.24 bits per heavy atom. The second kappa shape index (κ2) is 4.87. The minimum Gasteiger partial charge on any atom is -0.356 e. The molecule has 3 nitrogen and oxygen atoms in total. The molecule has 0 bridgehead atoms. The molecule has 0 atom stereocenters. The van der Waals surface area contributed by atoms with E-state index in [4.69, 9.17) is 0 Å². The second-order valence-electron chi connectivity index (χ2n) is 4.07. The summed E-state index contributed by atoms with van der Waals surface area (Å²) in [4.78, 5) is 11.9. The van der Waals surface area contributed by atoms with Crippen LogP contribution in [0.3, 0.4) is 0 Å². The average molecular weight is 228 g/mol. The molecule has 0 unspecified atom stereocenters. The highest BCUT2D eigenvalue weighted by molar-refractivity contribution is 6.04. The number of carbonyl (C=O) groups is 1. The lowest BCUT2D eigenvalue weighted by molar-refractivity contribution is 0.102. The van der Waals surface area contributed by atoms with Crippen molar-refractivity contribution >= 4 is 11.6 Å². The molecule has 1 N–H and O–H groups in total. The van der Waals surface area contributed by atoms with E-state index in [1.807, 2.05) is 42.1 Å². The van der Waals surface area contributed by atoms with Crippen LogP contribution < -0.4 is 5.32 Å². The first kappa shape index (κ1) is 11.5. The summed E-state index contributed by atoms with van der Waals surface area (Å²) >= 11 is 0. The number of nitrogens with zero attached hydrogens (tertiary/aromatic N) is 1. The fraction of sp³-hybridized carbons (Fsp3) is 0.214. The Labute approximate surface area is 101 Å². The first-order chi connectivity index (χ1) is 8.19. The van der Waals surface area contributed by atoms with Crippen LogP contribution in [0.5, 0.6) is 0 Å². The SMILES string of the molecule is CCc1ccc(NC(=O)c2ccn(C)c2)cc1. The van der Waals surface area contributed by atoms with Gasteiger partial charge in [0.15, 0.2) is 0 Å². The molecule has 0 spiro atoms. The fourth-order valence-corrected chi connectivity index (χ4v) is 1.66. The van der Waals surface area contributed by atoms with E-state index < -0.39 is 0 Å². The first-order valence-corrected chi connectivity index (χ1v) is 5.71. The van der Waals surface area contributed by atoms with Gasteiger partial charge in [0.2, 0.25) is 0 Å². The van der Waals surface area contributed by atoms with Crippen molar-refractivity contribution in [2.24, 2.45) is 7.05 Å². The lowest BCUT2D eigenvalue weighted by Gasteiger charge is -2.04. The topological polar surface area (TPSA) is 34.0 Å². The number of hydrogen-bond donors (Lipinski definition) is 1. The zero-order chi connectivity index (χ0) is 12.3. The van der Waals surface area contributed by atoms with Crippen molar-refractivity contribution < 1.29 is 4.79 Å². The van der Waals surface area contributed by atoms with Crippen LogP contribution in [0.4, 0.5) is 5.69 Å². The van der Waals surface area contributed by atoms with E-state index in [2.05, 4.69) is 12.2 Å². The van der Waals surface area contributed by atoms with Gasteiger partial charge in [-0.25, -0.2) is 0 Å². The molecule has 1 amide bonds. The van der Waals surface area contributed by atoms with Crippen LogP contribution in [0.1, 0.15) is 22.8 Å². The van der Waals surface area contributed by atoms with Crippen LogP contribution in [0.25, 0.3) is 0 Å². The predicted octanol–water partition coefficient (Wildman–Crippen LogP) is 2.84. The number of hydrogen-bond acceptors (Lipinski definition) is 1. The third-order valence-electron chi connectivity index (χ3n) is 2.71. The van der Waals surface area contributed by atoms with E-state index >= 15 is 0 Å². The Bertz CT molecular complexity index is 511. The van der Waals surface area contributed by atoms with Gasteiger partial charge in [-0.15, -0.1) is 0 Å². The van der Waals surface area contributed by atoms with Crippen molar-refractivity contribution in [1.29, 1.82) is 0 Å².